The van der Waals surface area contributed by atoms with Crippen LogP contribution in [0, 0.1) is 0 Å². The maximum atomic E-state index is 11.5. The van der Waals surface area contributed by atoms with Crippen LogP contribution >= 0.6 is 0 Å². The zero-order chi connectivity index (χ0) is 10.3. The molecule has 0 fully saturated rings. The maximum Gasteiger partial charge on any atom is 0.123 e. The molecule has 2 rings (SSSR count). The van der Waals surface area contributed by atoms with E-state index in [2.05, 4.69) is 4.72 Å². The van der Waals surface area contributed by atoms with Crippen molar-refractivity contribution in [2.45, 2.75) is 11.8 Å². The zero-order valence-corrected chi connectivity index (χ0v) is 11.9. The Labute approximate surface area is 104 Å². The van der Waals surface area contributed by atoms with Gasteiger partial charge in [0, 0.05) is 27.9 Å². The molecule has 0 saturated carbocycles. The molecule has 1 heterocycles. The third-order valence-electron chi connectivity index (χ3n) is 2.02. The van der Waals surface area contributed by atoms with Crippen molar-refractivity contribution in [3.63, 3.8) is 0 Å². The minimum absolute atomic E-state index is 0. The molecular formula is C9H8NO3STa-. The summed E-state index contributed by atoms with van der Waals surface area (Å²) in [6.45, 7) is 1.46. The van der Waals surface area contributed by atoms with E-state index in [9.17, 15) is 13.5 Å². The van der Waals surface area contributed by atoms with Gasteiger partial charge in [-0.2, -0.15) is 0 Å². The van der Waals surface area contributed by atoms with Crippen LogP contribution in [0.1, 0.15) is 12.5 Å². The standard InChI is InChI=1S/C9H8NO3S.Ta/c1-6-9(11)7-4-2-3-5-8(7)14(12,13)10-6;/h2-5,11H,1H3;/q-1;. The van der Waals surface area contributed by atoms with Gasteiger partial charge in [0.05, 0.1) is 4.90 Å². The molecule has 0 atom stereocenters. The summed E-state index contributed by atoms with van der Waals surface area (Å²) in [7, 11) is -3.62. The number of nitrogens with zero attached hydrogens (tertiary/aromatic N) is 1. The summed E-state index contributed by atoms with van der Waals surface area (Å²) in [6, 6.07) is 6.25. The van der Waals surface area contributed by atoms with Crippen molar-refractivity contribution in [3.05, 3.63) is 40.2 Å². The largest absolute Gasteiger partial charge is 0.573 e. The molecule has 1 aromatic rings. The van der Waals surface area contributed by atoms with E-state index in [0.717, 1.165) is 0 Å². The quantitative estimate of drug-likeness (QED) is 0.736. The summed E-state index contributed by atoms with van der Waals surface area (Å²) >= 11 is 0. The normalized spacial score (nSPS) is 17.4. The predicted molar refractivity (Wildman–Crippen MR) is 52.2 cm³/mol. The number of allylic oxidation sites excluding steroid dienone is 1. The average molecular weight is 391 g/mol. The fraction of sp³-hybridized carbons (Fsp3) is 0.111. The van der Waals surface area contributed by atoms with E-state index in [1.807, 2.05) is 0 Å². The molecule has 0 bridgehead atoms. The van der Waals surface area contributed by atoms with Crippen LogP contribution < -0.4 is 0 Å². The molecule has 0 aliphatic carbocycles. The van der Waals surface area contributed by atoms with E-state index in [0.29, 0.717) is 5.56 Å². The molecule has 1 radical (unpaired) electrons. The fourth-order valence-electron chi connectivity index (χ4n) is 1.35. The van der Waals surface area contributed by atoms with E-state index >= 15 is 0 Å². The molecule has 4 nitrogen and oxygen atoms in total. The Balaban J connectivity index is 0.00000112. The first-order valence-corrected chi connectivity index (χ1v) is 5.43. The smallest absolute Gasteiger partial charge is 0.123 e. The van der Waals surface area contributed by atoms with Gasteiger partial charge in [0.25, 0.3) is 0 Å². The molecule has 0 amide bonds. The Kier molecular flexibility index (Phi) is 3.30. The molecule has 1 aliphatic heterocycles. The number of aliphatic hydroxyl groups excluding tert-OH is 1. The van der Waals surface area contributed by atoms with Gasteiger partial charge in [0.15, 0.2) is 0 Å². The molecular weight excluding hydrogens is 383 g/mol. The topological polar surface area (TPSA) is 68.5 Å². The first-order valence-electron chi connectivity index (χ1n) is 3.99. The number of aliphatic hydroxyl groups is 1. The first kappa shape index (κ1) is 12.3. The van der Waals surface area contributed by atoms with Crippen molar-refractivity contribution in [2.75, 3.05) is 0 Å². The second-order valence-corrected chi connectivity index (χ2v) is 4.57. The van der Waals surface area contributed by atoms with Gasteiger partial charge in [0.1, 0.15) is 15.8 Å². The number of sulfonamides is 1. The van der Waals surface area contributed by atoms with E-state index in [1.54, 1.807) is 18.2 Å². The number of benzene rings is 1. The molecule has 0 spiro atoms. The van der Waals surface area contributed by atoms with Crippen LogP contribution in [-0.4, -0.2) is 13.5 Å². The van der Waals surface area contributed by atoms with Crippen molar-refractivity contribution in [3.8, 4) is 0 Å². The number of hydrogen-bond donors (Lipinski definition) is 1. The van der Waals surface area contributed by atoms with Crippen molar-refractivity contribution in [1.29, 1.82) is 0 Å². The molecule has 1 aliphatic rings. The number of hydrogen-bond acceptors (Lipinski definition) is 3. The number of rotatable bonds is 0. The molecule has 0 unspecified atom stereocenters. The summed E-state index contributed by atoms with van der Waals surface area (Å²) in [5.74, 6) is -0.0737. The Hall–Kier alpha value is -0.750. The van der Waals surface area contributed by atoms with Gasteiger partial charge in [0.2, 0.25) is 0 Å². The van der Waals surface area contributed by atoms with Gasteiger partial charge in [-0.25, -0.2) is 8.42 Å². The van der Waals surface area contributed by atoms with Crippen LogP contribution in [0.4, 0.5) is 0 Å². The van der Waals surface area contributed by atoms with Crippen LogP contribution in [0.5, 0.6) is 0 Å². The Morgan fingerprint density at radius 1 is 1.27 bits per heavy atom. The van der Waals surface area contributed by atoms with Gasteiger partial charge >= 0.3 is 0 Å². The Bertz CT molecular complexity index is 522. The molecule has 1 N–H and O–H groups in total. The van der Waals surface area contributed by atoms with Crippen LogP contribution in [0.25, 0.3) is 10.5 Å². The van der Waals surface area contributed by atoms with E-state index < -0.39 is 10.0 Å². The van der Waals surface area contributed by atoms with Crippen LogP contribution in [0.2, 0.25) is 0 Å². The summed E-state index contributed by atoms with van der Waals surface area (Å²) in [5.41, 5.74) is 0.448. The summed E-state index contributed by atoms with van der Waals surface area (Å²) in [4.78, 5) is 0.0584. The maximum absolute atomic E-state index is 11.5. The van der Waals surface area contributed by atoms with Crippen LogP contribution in [0.3, 0.4) is 0 Å². The predicted octanol–water partition coefficient (Wildman–Crippen LogP) is 2.01. The van der Waals surface area contributed by atoms with E-state index in [1.165, 1.54) is 13.0 Å². The van der Waals surface area contributed by atoms with Gasteiger partial charge in [-0.15, -0.1) is 5.70 Å². The molecule has 1 aromatic carbocycles. The van der Waals surface area contributed by atoms with Gasteiger partial charge in [-0.3, -0.25) is 0 Å². The third kappa shape index (κ3) is 1.96. The molecule has 6 heteroatoms. The minimum Gasteiger partial charge on any atom is -0.573 e. The van der Waals surface area contributed by atoms with Crippen molar-refractivity contribution < 1.29 is 35.9 Å². The van der Waals surface area contributed by atoms with Crippen molar-refractivity contribution in [1.82, 2.24) is 0 Å². The van der Waals surface area contributed by atoms with E-state index in [4.69, 9.17) is 0 Å². The Morgan fingerprint density at radius 2 is 1.87 bits per heavy atom. The second-order valence-electron chi connectivity index (χ2n) is 3.00. The second kappa shape index (κ2) is 4.02. The minimum atomic E-state index is -3.62. The van der Waals surface area contributed by atoms with E-state index in [-0.39, 0.29) is 38.7 Å². The third-order valence-corrected chi connectivity index (χ3v) is 3.45. The van der Waals surface area contributed by atoms with Gasteiger partial charge < -0.3 is 9.83 Å². The molecule has 0 aromatic heterocycles. The van der Waals surface area contributed by atoms with Crippen molar-refractivity contribution >= 4 is 15.8 Å². The van der Waals surface area contributed by atoms with Crippen LogP contribution in [-0.2, 0) is 32.4 Å². The average Bonchev–Trinajstić information content (AvgIpc) is 2.14. The summed E-state index contributed by atoms with van der Waals surface area (Å²) in [6.07, 6.45) is 0. The van der Waals surface area contributed by atoms with Crippen LogP contribution in [0.15, 0.2) is 34.9 Å². The summed E-state index contributed by atoms with van der Waals surface area (Å²) in [5, 5.41) is 9.58. The van der Waals surface area contributed by atoms with Gasteiger partial charge in [-0.1, -0.05) is 25.1 Å². The SMILES string of the molecule is CC1=C(O)c2ccccc2S(=O)(=O)[N-]1.[Ta]. The molecule has 79 valence electrons. The van der Waals surface area contributed by atoms with Crippen molar-refractivity contribution in [2.24, 2.45) is 0 Å². The Morgan fingerprint density at radius 3 is 2.53 bits per heavy atom. The molecule has 15 heavy (non-hydrogen) atoms. The fourth-order valence-corrected chi connectivity index (χ4v) is 2.59. The summed E-state index contributed by atoms with van der Waals surface area (Å²) < 4.78 is 26.5. The van der Waals surface area contributed by atoms with Gasteiger partial charge in [-0.05, 0) is 6.07 Å². The first-order chi connectivity index (χ1) is 6.52. The molecule has 0 saturated heterocycles. The zero-order valence-electron chi connectivity index (χ0n) is 7.88. The number of fused-ring (bicyclic) bond motifs is 1. The monoisotopic (exact) mass is 391 g/mol.